The van der Waals surface area contributed by atoms with Crippen LogP contribution in [0, 0.1) is 11.3 Å². The first-order valence-corrected chi connectivity index (χ1v) is 7.40. The molecule has 6 heteroatoms. The summed E-state index contributed by atoms with van der Waals surface area (Å²) >= 11 is 0. The van der Waals surface area contributed by atoms with E-state index in [2.05, 4.69) is 0 Å². The number of benzene rings is 1. The number of ketones is 1. The molecule has 1 aliphatic heterocycles. The van der Waals surface area contributed by atoms with Crippen LogP contribution in [-0.2, 0) is 14.9 Å². The van der Waals surface area contributed by atoms with E-state index in [0.717, 1.165) is 4.90 Å². The predicted octanol–water partition coefficient (Wildman–Crippen LogP) is 2.95. The van der Waals surface area contributed by atoms with Gasteiger partial charge in [0.25, 0.3) is 0 Å². The third kappa shape index (κ3) is 2.82. The number of carbonyl (C=O) groups excluding carboxylic acids is 3. The van der Waals surface area contributed by atoms with Crippen molar-refractivity contribution in [2.45, 2.75) is 39.0 Å². The molecule has 0 fully saturated rings. The highest BCUT2D eigenvalue weighted by Gasteiger charge is 2.47. The van der Waals surface area contributed by atoms with Crippen molar-refractivity contribution in [2.75, 3.05) is 11.5 Å². The van der Waals surface area contributed by atoms with Gasteiger partial charge in [-0.1, -0.05) is 6.92 Å². The molecule has 1 aromatic carbocycles. The highest BCUT2D eigenvalue weighted by Crippen LogP contribution is 2.42. The molecule has 2 amide bonds. The van der Waals surface area contributed by atoms with Crippen LogP contribution in [0.4, 0.5) is 10.5 Å². The Balaban J connectivity index is 2.40. The van der Waals surface area contributed by atoms with Crippen LogP contribution in [-0.4, -0.2) is 24.4 Å². The third-order valence-electron chi connectivity index (χ3n) is 3.91. The highest BCUT2D eigenvalue weighted by molar-refractivity contribution is 6.21. The Hall–Kier alpha value is -2.68. The molecule has 1 heterocycles. The third-order valence-corrected chi connectivity index (χ3v) is 3.91. The van der Waals surface area contributed by atoms with Crippen molar-refractivity contribution >= 4 is 23.5 Å². The fraction of sp³-hybridized carbons (Fsp3) is 0.412. The summed E-state index contributed by atoms with van der Waals surface area (Å²) in [5.41, 5.74) is 0.647. The van der Waals surface area contributed by atoms with Crippen molar-refractivity contribution in [3.05, 3.63) is 29.3 Å². The first-order valence-electron chi connectivity index (χ1n) is 7.40. The average molecular weight is 314 g/mol. The molecule has 1 aromatic rings. The number of hydrogen-bond donors (Lipinski definition) is 0. The maximum Gasteiger partial charge on any atom is 0.421 e. The quantitative estimate of drug-likeness (QED) is 0.630. The number of ether oxygens (including phenoxy) is 1. The second kappa shape index (κ2) is 6.21. The topological polar surface area (TPSA) is 87.5 Å². The number of Topliss-reactive ketones (excluding diaryl/α,β-unsaturated/α-hetero) is 1. The Kier molecular flexibility index (Phi) is 4.50. The van der Waals surface area contributed by atoms with Crippen LogP contribution in [0.15, 0.2) is 18.2 Å². The Morgan fingerprint density at radius 3 is 2.65 bits per heavy atom. The lowest BCUT2D eigenvalue weighted by Gasteiger charge is -2.18. The van der Waals surface area contributed by atoms with Gasteiger partial charge in [0.15, 0.2) is 5.78 Å². The molecule has 0 radical (unpaired) electrons. The second-order valence-corrected chi connectivity index (χ2v) is 5.80. The number of hydrogen-bond acceptors (Lipinski definition) is 5. The van der Waals surface area contributed by atoms with Crippen LogP contribution in [0.2, 0.25) is 0 Å². The average Bonchev–Trinajstić information content (AvgIpc) is 2.73. The number of anilines is 1. The summed E-state index contributed by atoms with van der Waals surface area (Å²) in [4.78, 5) is 37.6. The molecule has 2 rings (SSSR count). The summed E-state index contributed by atoms with van der Waals surface area (Å²) in [6.45, 7) is 5.11. The number of imide groups is 1. The number of carbonyl (C=O) groups is 3. The van der Waals surface area contributed by atoms with E-state index in [1.807, 2.05) is 6.07 Å². The van der Waals surface area contributed by atoms with Crippen LogP contribution in [0.5, 0.6) is 0 Å². The predicted molar refractivity (Wildman–Crippen MR) is 83.2 cm³/mol. The first-order chi connectivity index (χ1) is 10.8. The van der Waals surface area contributed by atoms with Gasteiger partial charge in [0.2, 0.25) is 5.91 Å². The van der Waals surface area contributed by atoms with Gasteiger partial charge < -0.3 is 4.74 Å². The zero-order chi connectivity index (χ0) is 17.2. The minimum atomic E-state index is -0.923. The van der Waals surface area contributed by atoms with Crippen LogP contribution < -0.4 is 4.90 Å². The van der Waals surface area contributed by atoms with Gasteiger partial charge >= 0.3 is 6.09 Å². The van der Waals surface area contributed by atoms with Crippen LogP contribution in [0.1, 0.15) is 49.5 Å². The fourth-order valence-corrected chi connectivity index (χ4v) is 2.54. The van der Waals surface area contributed by atoms with Crippen LogP contribution in [0.25, 0.3) is 0 Å². The van der Waals surface area contributed by atoms with Gasteiger partial charge in [-0.3, -0.25) is 9.59 Å². The minimum Gasteiger partial charge on any atom is -0.448 e. The largest absolute Gasteiger partial charge is 0.448 e. The van der Waals surface area contributed by atoms with Gasteiger partial charge in [-0.25, -0.2) is 9.69 Å². The number of fused-ring (bicyclic) bond motifs is 1. The molecule has 1 aliphatic rings. The van der Waals surface area contributed by atoms with E-state index >= 15 is 0 Å². The van der Waals surface area contributed by atoms with Crippen molar-refractivity contribution in [3.8, 4) is 6.07 Å². The van der Waals surface area contributed by atoms with Gasteiger partial charge in [0.1, 0.15) is 6.61 Å². The van der Waals surface area contributed by atoms with Crippen molar-refractivity contribution in [1.82, 2.24) is 0 Å². The smallest absolute Gasteiger partial charge is 0.421 e. The number of nitriles is 1. The number of nitrogens with zero attached hydrogens (tertiary/aromatic N) is 2. The summed E-state index contributed by atoms with van der Waals surface area (Å²) in [6, 6.07) is 6.74. The van der Waals surface area contributed by atoms with E-state index in [1.165, 1.54) is 0 Å². The molecule has 0 aliphatic carbocycles. The molecule has 120 valence electrons. The van der Waals surface area contributed by atoms with E-state index in [0.29, 0.717) is 23.2 Å². The standard InChI is InChI=1S/C17H18N2O4/c1-4-14(20)11-6-7-13-12(10-11)17(2,3)15(21)19(13)16(22)23-9-5-8-18/h6-7,10H,4-5,9H2,1-3H3. The first kappa shape index (κ1) is 16.7. The normalized spacial score (nSPS) is 15.0. The Labute approximate surface area is 134 Å². The minimum absolute atomic E-state index is 0.0221. The molecule has 0 spiro atoms. The zero-order valence-corrected chi connectivity index (χ0v) is 13.4. The van der Waals surface area contributed by atoms with Crippen molar-refractivity contribution < 1.29 is 19.1 Å². The molecule has 6 nitrogen and oxygen atoms in total. The van der Waals surface area contributed by atoms with Crippen LogP contribution >= 0.6 is 0 Å². The van der Waals surface area contributed by atoms with Gasteiger partial charge in [-0.05, 0) is 37.6 Å². The van der Waals surface area contributed by atoms with E-state index in [1.54, 1.807) is 39.0 Å². The van der Waals surface area contributed by atoms with Crippen molar-refractivity contribution in [2.24, 2.45) is 0 Å². The Bertz CT molecular complexity index is 716. The highest BCUT2D eigenvalue weighted by atomic mass is 16.6. The molecule has 0 aromatic heterocycles. The van der Waals surface area contributed by atoms with Gasteiger partial charge in [-0.2, -0.15) is 5.26 Å². The maximum absolute atomic E-state index is 12.6. The molecule has 0 unspecified atom stereocenters. The summed E-state index contributed by atoms with van der Waals surface area (Å²) in [5.74, 6) is -0.429. The van der Waals surface area contributed by atoms with Gasteiger partial charge in [-0.15, -0.1) is 0 Å². The molecule has 0 N–H and O–H groups in total. The second-order valence-electron chi connectivity index (χ2n) is 5.80. The number of rotatable bonds is 4. The molecule has 0 bridgehead atoms. The lowest BCUT2D eigenvalue weighted by Crippen LogP contribution is -2.40. The van der Waals surface area contributed by atoms with E-state index in [-0.39, 0.29) is 18.8 Å². The number of amides is 2. The lowest BCUT2D eigenvalue weighted by atomic mass is 9.85. The molecular weight excluding hydrogens is 296 g/mol. The molecular formula is C17H18N2O4. The van der Waals surface area contributed by atoms with E-state index in [9.17, 15) is 14.4 Å². The Morgan fingerprint density at radius 1 is 1.35 bits per heavy atom. The molecule has 0 saturated carbocycles. The maximum atomic E-state index is 12.6. The van der Waals surface area contributed by atoms with E-state index in [4.69, 9.17) is 10.00 Å². The zero-order valence-electron chi connectivity index (χ0n) is 13.4. The summed E-state index contributed by atoms with van der Waals surface area (Å²) < 4.78 is 4.96. The summed E-state index contributed by atoms with van der Waals surface area (Å²) in [5, 5.41) is 8.49. The van der Waals surface area contributed by atoms with Gasteiger partial charge in [0.05, 0.1) is 23.6 Å². The van der Waals surface area contributed by atoms with Crippen LogP contribution in [0.3, 0.4) is 0 Å². The molecule has 0 atom stereocenters. The molecule has 23 heavy (non-hydrogen) atoms. The SMILES string of the molecule is CCC(=O)c1ccc2c(c1)C(C)(C)C(=O)N2C(=O)OCCC#N. The monoisotopic (exact) mass is 314 g/mol. The van der Waals surface area contributed by atoms with Gasteiger partial charge in [0, 0.05) is 12.0 Å². The summed E-state index contributed by atoms with van der Waals surface area (Å²) in [6.07, 6.45) is -0.368. The fourth-order valence-electron chi connectivity index (χ4n) is 2.54. The molecule has 0 saturated heterocycles. The summed E-state index contributed by atoms with van der Waals surface area (Å²) in [7, 11) is 0. The Morgan fingerprint density at radius 2 is 2.04 bits per heavy atom. The van der Waals surface area contributed by atoms with Crippen molar-refractivity contribution in [3.63, 3.8) is 0 Å². The van der Waals surface area contributed by atoms with E-state index < -0.39 is 17.4 Å². The van der Waals surface area contributed by atoms with Crippen molar-refractivity contribution in [1.29, 1.82) is 5.26 Å². The lowest BCUT2D eigenvalue weighted by molar-refractivity contribution is -0.121.